The first kappa shape index (κ1) is 12.4. The topological polar surface area (TPSA) is 30.2 Å². The van der Waals surface area contributed by atoms with E-state index in [1.54, 1.807) is 0 Å². The molecule has 1 aliphatic carbocycles. The van der Waals surface area contributed by atoms with Gasteiger partial charge in [-0.25, -0.2) is 0 Å². The Morgan fingerprint density at radius 2 is 2.06 bits per heavy atom. The largest absolute Gasteiger partial charge is 0.458 e. The van der Waals surface area contributed by atoms with Crippen LogP contribution in [0.15, 0.2) is 16.5 Å². The molecule has 94 valence electrons. The van der Waals surface area contributed by atoms with Crippen LogP contribution in [0.2, 0.25) is 0 Å². The zero-order valence-corrected chi connectivity index (χ0v) is 10.7. The van der Waals surface area contributed by atoms with Crippen molar-refractivity contribution in [1.82, 2.24) is 0 Å². The van der Waals surface area contributed by atoms with Gasteiger partial charge in [-0.3, -0.25) is 4.79 Å². The lowest BCUT2D eigenvalue weighted by atomic mass is 9.85. The second-order valence-electron chi connectivity index (χ2n) is 5.09. The van der Waals surface area contributed by atoms with Crippen LogP contribution in [-0.4, -0.2) is 5.78 Å². The lowest BCUT2D eigenvalue weighted by molar-refractivity contribution is 0.0941. The van der Waals surface area contributed by atoms with Crippen LogP contribution in [0.25, 0.3) is 0 Å². The Morgan fingerprint density at radius 3 is 2.71 bits per heavy atom. The molecule has 0 spiro atoms. The van der Waals surface area contributed by atoms with Gasteiger partial charge in [-0.1, -0.05) is 39.0 Å². The van der Waals surface area contributed by atoms with Crippen LogP contribution in [0.5, 0.6) is 0 Å². The lowest BCUT2D eigenvalue weighted by Crippen LogP contribution is -2.08. The van der Waals surface area contributed by atoms with Crippen LogP contribution in [0.3, 0.4) is 0 Å². The van der Waals surface area contributed by atoms with E-state index in [4.69, 9.17) is 4.42 Å². The van der Waals surface area contributed by atoms with Crippen LogP contribution in [0, 0.1) is 5.92 Å². The number of rotatable bonds is 5. The Kier molecular flexibility index (Phi) is 4.41. The normalized spacial score (nSPS) is 17.2. The molecule has 0 aromatic carbocycles. The number of aryl methyl sites for hydroxylation is 1. The summed E-state index contributed by atoms with van der Waals surface area (Å²) in [6.07, 6.45) is 9.25. The highest BCUT2D eigenvalue weighted by molar-refractivity contribution is 5.93. The van der Waals surface area contributed by atoms with Crippen molar-refractivity contribution in [3.8, 4) is 0 Å². The summed E-state index contributed by atoms with van der Waals surface area (Å²) in [6.45, 7) is 2.04. The maximum atomic E-state index is 11.9. The third-order valence-corrected chi connectivity index (χ3v) is 3.79. The van der Waals surface area contributed by atoms with Gasteiger partial charge in [-0.05, 0) is 24.5 Å². The average Bonchev–Trinajstić information content (AvgIpc) is 2.86. The number of hydrogen-bond donors (Lipinski definition) is 0. The highest BCUT2D eigenvalue weighted by Crippen LogP contribution is 2.27. The predicted molar refractivity (Wildman–Crippen MR) is 68.2 cm³/mol. The molecule has 1 aromatic heterocycles. The number of carbonyl (C=O) groups excluding carboxylic acids is 1. The highest BCUT2D eigenvalue weighted by Gasteiger charge is 2.17. The first-order chi connectivity index (χ1) is 8.29. The van der Waals surface area contributed by atoms with Crippen molar-refractivity contribution in [2.24, 2.45) is 5.92 Å². The minimum Gasteiger partial charge on any atom is -0.458 e. The number of hydrogen-bond acceptors (Lipinski definition) is 2. The molecule has 17 heavy (non-hydrogen) atoms. The first-order valence-electron chi connectivity index (χ1n) is 6.91. The molecule has 2 rings (SSSR count). The lowest BCUT2D eigenvalue weighted by Gasteiger charge is -2.20. The first-order valence-corrected chi connectivity index (χ1v) is 6.91. The Balaban J connectivity index is 1.80. The minimum absolute atomic E-state index is 0.176. The fraction of sp³-hybridized carbons (Fsp3) is 0.667. The SMILES string of the molecule is CCc1ccc(C(=O)CCC2CCCCC2)o1. The van der Waals surface area contributed by atoms with Crippen LogP contribution in [-0.2, 0) is 6.42 Å². The van der Waals surface area contributed by atoms with E-state index in [0.29, 0.717) is 12.2 Å². The second kappa shape index (κ2) is 6.04. The fourth-order valence-electron chi connectivity index (χ4n) is 2.65. The van der Waals surface area contributed by atoms with Crippen LogP contribution < -0.4 is 0 Å². The monoisotopic (exact) mass is 234 g/mol. The number of furan rings is 1. The molecule has 0 amide bonds. The molecule has 0 saturated heterocycles. The molecule has 1 aliphatic rings. The third kappa shape index (κ3) is 3.45. The maximum Gasteiger partial charge on any atom is 0.198 e. The minimum atomic E-state index is 0.176. The molecule has 0 atom stereocenters. The molecule has 0 bridgehead atoms. The summed E-state index contributed by atoms with van der Waals surface area (Å²) in [5, 5.41) is 0. The van der Waals surface area contributed by atoms with Crippen LogP contribution >= 0.6 is 0 Å². The third-order valence-electron chi connectivity index (χ3n) is 3.79. The Bertz CT molecular complexity index is 359. The smallest absolute Gasteiger partial charge is 0.198 e. The van der Waals surface area contributed by atoms with Gasteiger partial charge in [0.05, 0.1) is 0 Å². The average molecular weight is 234 g/mol. The van der Waals surface area contributed by atoms with Gasteiger partial charge in [0.15, 0.2) is 11.5 Å². The van der Waals surface area contributed by atoms with Gasteiger partial charge in [-0.15, -0.1) is 0 Å². The van der Waals surface area contributed by atoms with E-state index in [1.165, 1.54) is 32.1 Å². The molecular formula is C15H22O2. The highest BCUT2D eigenvalue weighted by atomic mass is 16.3. The molecule has 1 aromatic rings. The van der Waals surface area contributed by atoms with Gasteiger partial charge in [0, 0.05) is 12.8 Å². The van der Waals surface area contributed by atoms with Gasteiger partial charge >= 0.3 is 0 Å². The van der Waals surface area contributed by atoms with Crippen molar-refractivity contribution < 1.29 is 9.21 Å². The van der Waals surface area contributed by atoms with E-state index >= 15 is 0 Å². The molecule has 0 unspecified atom stereocenters. The van der Waals surface area contributed by atoms with Crippen molar-refractivity contribution >= 4 is 5.78 Å². The summed E-state index contributed by atoms with van der Waals surface area (Å²) < 4.78 is 5.48. The number of Topliss-reactive ketones (excluding diaryl/α,β-unsaturated/α-hetero) is 1. The molecule has 2 nitrogen and oxygen atoms in total. The Morgan fingerprint density at radius 1 is 1.29 bits per heavy atom. The van der Waals surface area contributed by atoms with E-state index in [9.17, 15) is 4.79 Å². The van der Waals surface area contributed by atoms with E-state index in [0.717, 1.165) is 24.5 Å². The summed E-state index contributed by atoms with van der Waals surface area (Å²) in [7, 11) is 0. The molecule has 2 heteroatoms. The van der Waals surface area contributed by atoms with Crippen LogP contribution in [0.4, 0.5) is 0 Å². The van der Waals surface area contributed by atoms with Crippen LogP contribution in [0.1, 0.15) is 68.2 Å². The van der Waals surface area contributed by atoms with E-state index in [-0.39, 0.29) is 5.78 Å². The molecule has 1 fully saturated rings. The summed E-state index contributed by atoms with van der Waals surface area (Å²) in [4.78, 5) is 11.9. The van der Waals surface area contributed by atoms with Gasteiger partial charge in [0.1, 0.15) is 5.76 Å². The number of carbonyl (C=O) groups is 1. The predicted octanol–water partition coefficient (Wildman–Crippen LogP) is 4.39. The van der Waals surface area contributed by atoms with Gasteiger partial charge < -0.3 is 4.42 Å². The Labute approximate surface area is 103 Å². The van der Waals surface area contributed by atoms with Gasteiger partial charge in [0.25, 0.3) is 0 Å². The van der Waals surface area contributed by atoms with E-state index < -0.39 is 0 Å². The summed E-state index contributed by atoms with van der Waals surface area (Å²) in [5.74, 6) is 2.41. The van der Waals surface area contributed by atoms with Crippen molar-refractivity contribution in [3.05, 3.63) is 23.7 Å². The van der Waals surface area contributed by atoms with E-state index in [1.807, 2.05) is 19.1 Å². The van der Waals surface area contributed by atoms with Crippen molar-refractivity contribution in [3.63, 3.8) is 0 Å². The molecule has 1 saturated carbocycles. The second-order valence-corrected chi connectivity index (χ2v) is 5.09. The molecule has 0 radical (unpaired) electrons. The molecular weight excluding hydrogens is 212 g/mol. The zero-order chi connectivity index (χ0) is 12.1. The molecule has 1 heterocycles. The fourth-order valence-corrected chi connectivity index (χ4v) is 2.65. The summed E-state index contributed by atoms with van der Waals surface area (Å²) in [6, 6.07) is 3.73. The van der Waals surface area contributed by atoms with Crippen molar-refractivity contribution in [2.75, 3.05) is 0 Å². The van der Waals surface area contributed by atoms with Gasteiger partial charge in [0.2, 0.25) is 0 Å². The van der Waals surface area contributed by atoms with Crippen molar-refractivity contribution in [2.45, 2.75) is 58.3 Å². The van der Waals surface area contributed by atoms with Crippen molar-refractivity contribution in [1.29, 1.82) is 0 Å². The molecule has 0 N–H and O–H groups in total. The summed E-state index contributed by atoms with van der Waals surface area (Å²) >= 11 is 0. The number of ketones is 1. The maximum absolute atomic E-state index is 11.9. The zero-order valence-electron chi connectivity index (χ0n) is 10.7. The quantitative estimate of drug-likeness (QED) is 0.707. The molecule has 0 aliphatic heterocycles. The Hall–Kier alpha value is -1.05. The summed E-state index contributed by atoms with van der Waals surface area (Å²) in [5.41, 5.74) is 0. The standard InChI is InChI=1S/C15H22O2/c1-2-13-9-11-15(17-13)14(16)10-8-12-6-4-3-5-7-12/h9,11-12H,2-8,10H2,1H3. The van der Waals surface area contributed by atoms with E-state index in [2.05, 4.69) is 0 Å². The van der Waals surface area contributed by atoms with Gasteiger partial charge in [-0.2, -0.15) is 0 Å².